The Hall–Kier alpha value is -1.96. The minimum absolute atomic E-state index is 0.0278. The SMILES string of the molecule is COc1ccc(-n2c(SC)nc(C(F)(F)F)cc2=O)cc1. The zero-order valence-corrected chi connectivity index (χ0v) is 12.0. The molecular weight excluding hydrogens is 305 g/mol. The Morgan fingerprint density at radius 3 is 2.33 bits per heavy atom. The fraction of sp³-hybridized carbons (Fsp3) is 0.231. The van der Waals surface area contributed by atoms with Crippen molar-refractivity contribution < 1.29 is 17.9 Å². The van der Waals surface area contributed by atoms with E-state index in [1.165, 1.54) is 7.11 Å². The number of alkyl halides is 3. The van der Waals surface area contributed by atoms with E-state index in [9.17, 15) is 18.0 Å². The number of rotatable bonds is 3. The van der Waals surface area contributed by atoms with Gasteiger partial charge in [-0.2, -0.15) is 13.2 Å². The van der Waals surface area contributed by atoms with Crippen molar-refractivity contribution in [3.8, 4) is 11.4 Å². The van der Waals surface area contributed by atoms with Gasteiger partial charge in [0.2, 0.25) is 0 Å². The third kappa shape index (κ3) is 3.21. The van der Waals surface area contributed by atoms with E-state index in [4.69, 9.17) is 4.74 Å². The van der Waals surface area contributed by atoms with Crippen LogP contribution in [0.25, 0.3) is 5.69 Å². The van der Waals surface area contributed by atoms with E-state index in [0.29, 0.717) is 17.5 Å². The van der Waals surface area contributed by atoms with Crippen LogP contribution >= 0.6 is 11.8 Å². The molecule has 112 valence electrons. The molecular formula is C13H11F3N2O2S. The molecule has 1 aromatic heterocycles. The van der Waals surface area contributed by atoms with Crippen LogP contribution in [-0.4, -0.2) is 22.9 Å². The molecule has 0 amide bonds. The Bertz CT molecular complexity index is 696. The number of hydrogen-bond donors (Lipinski definition) is 0. The summed E-state index contributed by atoms with van der Waals surface area (Å²) in [6, 6.07) is 6.88. The van der Waals surface area contributed by atoms with Gasteiger partial charge in [0.1, 0.15) is 5.75 Å². The van der Waals surface area contributed by atoms with Crippen LogP contribution in [0, 0.1) is 0 Å². The largest absolute Gasteiger partial charge is 0.497 e. The molecule has 21 heavy (non-hydrogen) atoms. The van der Waals surface area contributed by atoms with Gasteiger partial charge in [-0.1, -0.05) is 11.8 Å². The van der Waals surface area contributed by atoms with E-state index in [1.807, 2.05) is 0 Å². The number of hydrogen-bond acceptors (Lipinski definition) is 4. The highest BCUT2D eigenvalue weighted by Gasteiger charge is 2.34. The average molecular weight is 316 g/mol. The topological polar surface area (TPSA) is 44.1 Å². The lowest BCUT2D eigenvalue weighted by Gasteiger charge is -2.13. The third-order valence-electron chi connectivity index (χ3n) is 2.69. The molecule has 8 heteroatoms. The number of benzene rings is 1. The van der Waals surface area contributed by atoms with E-state index < -0.39 is 17.4 Å². The first-order valence-corrected chi connectivity index (χ1v) is 6.99. The lowest BCUT2D eigenvalue weighted by Crippen LogP contribution is -2.24. The summed E-state index contributed by atoms with van der Waals surface area (Å²) >= 11 is 0.965. The first-order valence-electron chi connectivity index (χ1n) is 5.76. The maximum Gasteiger partial charge on any atom is 0.433 e. The molecule has 0 radical (unpaired) electrons. The Morgan fingerprint density at radius 1 is 1.24 bits per heavy atom. The molecule has 0 N–H and O–H groups in total. The van der Waals surface area contributed by atoms with Crippen LogP contribution < -0.4 is 10.3 Å². The molecule has 0 saturated heterocycles. The molecule has 1 heterocycles. The van der Waals surface area contributed by atoms with Gasteiger partial charge in [0, 0.05) is 6.07 Å². The van der Waals surface area contributed by atoms with Gasteiger partial charge in [0.15, 0.2) is 10.9 Å². The second-order valence-electron chi connectivity index (χ2n) is 4.00. The molecule has 2 aromatic rings. The number of thioether (sulfide) groups is 1. The molecule has 0 unspecified atom stereocenters. The van der Waals surface area contributed by atoms with Crippen LogP contribution in [0.2, 0.25) is 0 Å². The predicted molar refractivity (Wildman–Crippen MR) is 73.2 cm³/mol. The number of ether oxygens (including phenoxy) is 1. The van der Waals surface area contributed by atoms with E-state index in [1.54, 1.807) is 30.5 Å². The summed E-state index contributed by atoms with van der Waals surface area (Å²) in [6.45, 7) is 0. The van der Waals surface area contributed by atoms with Gasteiger partial charge in [-0.3, -0.25) is 9.36 Å². The molecule has 0 fully saturated rings. The monoisotopic (exact) mass is 316 g/mol. The van der Waals surface area contributed by atoms with Crippen LogP contribution in [-0.2, 0) is 6.18 Å². The van der Waals surface area contributed by atoms with Gasteiger partial charge in [0.25, 0.3) is 5.56 Å². The van der Waals surface area contributed by atoms with Crippen LogP contribution in [0.15, 0.2) is 40.3 Å². The summed E-state index contributed by atoms with van der Waals surface area (Å²) < 4.78 is 44.2. The Labute approximate surface area is 122 Å². The quantitative estimate of drug-likeness (QED) is 0.645. The Kier molecular flexibility index (Phi) is 4.26. The second kappa shape index (κ2) is 5.80. The van der Waals surface area contributed by atoms with Crippen molar-refractivity contribution in [2.24, 2.45) is 0 Å². The molecule has 1 aromatic carbocycles. The van der Waals surface area contributed by atoms with Crippen LogP contribution in [0.5, 0.6) is 5.75 Å². The Morgan fingerprint density at radius 2 is 1.86 bits per heavy atom. The molecule has 0 aliphatic carbocycles. The summed E-state index contributed by atoms with van der Waals surface area (Å²) in [7, 11) is 1.49. The minimum atomic E-state index is -4.65. The maximum absolute atomic E-state index is 12.7. The number of aromatic nitrogens is 2. The smallest absolute Gasteiger partial charge is 0.433 e. The highest BCUT2D eigenvalue weighted by atomic mass is 32.2. The molecule has 0 bridgehead atoms. The van der Waals surface area contributed by atoms with Crippen molar-refractivity contribution in [1.82, 2.24) is 9.55 Å². The van der Waals surface area contributed by atoms with E-state index in [-0.39, 0.29) is 5.16 Å². The van der Waals surface area contributed by atoms with Crippen molar-refractivity contribution in [2.45, 2.75) is 11.3 Å². The van der Waals surface area contributed by atoms with Crippen LogP contribution in [0.1, 0.15) is 5.69 Å². The third-order valence-corrected chi connectivity index (χ3v) is 3.33. The van der Waals surface area contributed by atoms with Gasteiger partial charge in [-0.25, -0.2) is 4.98 Å². The molecule has 4 nitrogen and oxygen atoms in total. The van der Waals surface area contributed by atoms with Crippen molar-refractivity contribution >= 4 is 11.8 Å². The molecule has 0 atom stereocenters. The van der Waals surface area contributed by atoms with Gasteiger partial charge < -0.3 is 4.74 Å². The normalized spacial score (nSPS) is 11.5. The van der Waals surface area contributed by atoms with Gasteiger partial charge in [0.05, 0.1) is 12.8 Å². The highest BCUT2D eigenvalue weighted by Crippen LogP contribution is 2.28. The highest BCUT2D eigenvalue weighted by molar-refractivity contribution is 7.98. The lowest BCUT2D eigenvalue weighted by molar-refractivity contribution is -0.141. The molecule has 0 aliphatic heterocycles. The lowest BCUT2D eigenvalue weighted by atomic mass is 10.3. The van der Waals surface area contributed by atoms with Gasteiger partial charge in [-0.15, -0.1) is 0 Å². The van der Waals surface area contributed by atoms with Gasteiger partial charge in [-0.05, 0) is 30.5 Å². The fourth-order valence-electron chi connectivity index (χ4n) is 1.71. The summed E-state index contributed by atoms with van der Waals surface area (Å²) in [5.74, 6) is 0.581. The van der Waals surface area contributed by atoms with Crippen molar-refractivity contribution in [3.63, 3.8) is 0 Å². The zero-order valence-electron chi connectivity index (χ0n) is 11.1. The summed E-state index contributed by atoms with van der Waals surface area (Å²) in [6.07, 6.45) is -3.09. The summed E-state index contributed by atoms with van der Waals surface area (Å²) in [5.41, 5.74) is -1.56. The van der Waals surface area contributed by atoms with E-state index in [2.05, 4.69) is 4.98 Å². The van der Waals surface area contributed by atoms with Crippen molar-refractivity contribution in [2.75, 3.05) is 13.4 Å². The summed E-state index contributed by atoms with van der Waals surface area (Å²) in [4.78, 5) is 15.5. The summed E-state index contributed by atoms with van der Waals surface area (Å²) in [5, 5.41) is -0.0278. The number of nitrogens with zero attached hydrogens (tertiary/aromatic N) is 2. The number of methoxy groups -OCH3 is 1. The van der Waals surface area contributed by atoms with Gasteiger partial charge >= 0.3 is 6.18 Å². The molecule has 0 spiro atoms. The first-order chi connectivity index (χ1) is 9.86. The second-order valence-corrected chi connectivity index (χ2v) is 4.77. The fourth-order valence-corrected chi connectivity index (χ4v) is 2.28. The zero-order chi connectivity index (χ0) is 15.6. The number of halogens is 3. The van der Waals surface area contributed by atoms with Crippen LogP contribution in [0.3, 0.4) is 0 Å². The first kappa shape index (κ1) is 15.4. The standard InChI is InChI=1S/C13H11F3N2O2S/c1-20-9-5-3-8(4-6-9)18-11(19)7-10(13(14,15)16)17-12(18)21-2/h3-7H,1-2H3. The Balaban J connectivity index is 2.60. The van der Waals surface area contributed by atoms with Crippen LogP contribution in [0.4, 0.5) is 13.2 Å². The van der Waals surface area contributed by atoms with Crippen molar-refractivity contribution in [3.05, 3.63) is 46.4 Å². The molecule has 0 saturated carbocycles. The minimum Gasteiger partial charge on any atom is -0.497 e. The predicted octanol–water partition coefficient (Wildman–Crippen LogP) is 2.98. The van der Waals surface area contributed by atoms with Crippen molar-refractivity contribution in [1.29, 1.82) is 0 Å². The van der Waals surface area contributed by atoms with E-state index in [0.717, 1.165) is 16.3 Å². The maximum atomic E-state index is 12.7. The average Bonchev–Trinajstić information content (AvgIpc) is 2.45. The van der Waals surface area contributed by atoms with E-state index >= 15 is 0 Å². The molecule has 0 aliphatic rings. The molecule has 2 rings (SSSR count).